The predicted molar refractivity (Wildman–Crippen MR) is 91.8 cm³/mol. The van der Waals surface area contributed by atoms with Gasteiger partial charge < -0.3 is 15.8 Å². The van der Waals surface area contributed by atoms with E-state index in [1.807, 2.05) is 6.07 Å². The average Bonchev–Trinajstić information content (AvgIpc) is 2.52. The number of hydrogen-bond donors (Lipinski definition) is 2. The Labute approximate surface area is 139 Å². The predicted octanol–water partition coefficient (Wildman–Crippen LogP) is 1.23. The van der Waals surface area contributed by atoms with Crippen molar-refractivity contribution in [1.29, 1.82) is 0 Å². The van der Waals surface area contributed by atoms with Gasteiger partial charge in [-0.05, 0) is 17.4 Å². The van der Waals surface area contributed by atoms with Crippen molar-refractivity contribution in [3.05, 3.63) is 35.9 Å². The van der Waals surface area contributed by atoms with E-state index in [4.69, 9.17) is 10.5 Å². The number of benzene rings is 1. The fourth-order valence-electron chi connectivity index (χ4n) is 3.46. The monoisotopic (exact) mass is 319 g/mol. The number of nitrogens with zero attached hydrogens (tertiary/aromatic N) is 1. The van der Waals surface area contributed by atoms with Gasteiger partial charge in [-0.1, -0.05) is 44.2 Å². The van der Waals surface area contributed by atoms with Crippen LogP contribution in [0, 0.1) is 11.8 Å². The smallest absolute Gasteiger partial charge is 0.239 e. The second-order valence-electron chi connectivity index (χ2n) is 6.73. The number of nitrogens with two attached hydrogens (primary N) is 1. The van der Waals surface area contributed by atoms with Gasteiger partial charge in [0.2, 0.25) is 5.91 Å². The number of hydrogen-bond acceptors (Lipinski definition) is 4. The largest absolute Gasteiger partial charge is 0.383 e. The molecule has 0 bridgehead atoms. The Bertz CT molecular complexity index is 482. The van der Waals surface area contributed by atoms with Gasteiger partial charge in [-0.15, -0.1) is 0 Å². The molecule has 0 saturated carbocycles. The summed E-state index contributed by atoms with van der Waals surface area (Å²) >= 11 is 0. The van der Waals surface area contributed by atoms with E-state index in [-0.39, 0.29) is 18.6 Å². The zero-order valence-corrected chi connectivity index (χ0v) is 14.4. The van der Waals surface area contributed by atoms with Crippen LogP contribution in [0.5, 0.6) is 0 Å². The van der Waals surface area contributed by atoms with Crippen LogP contribution in [-0.4, -0.2) is 49.7 Å². The summed E-state index contributed by atoms with van der Waals surface area (Å²) in [5.41, 5.74) is 7.15. The lowest BCUT2D eigenvalue weighted by atomic mass is 9.85. The molecule has 128 valence electrons. The molecule has 5 heteroatoms. The van der Waals surface area contributed by atoms with E-state index in [9.17, 15) is 4.79 Å². The lowest BCUT2D eigenvalue weighted by Crippen LogP contribution is -2.57. The molecule has 0 aromatic heterocycles. The van der Waals surface area contributed by atoms with Gasteiger partial charge in [0.15, 0.2) is 0 Å². The zero-order chi connectivity index (χ0) is 16.8. The van der Waals surface area contributed by atoms with Crippen molar-refractivity contribution in [2.45, 2.75) is 32.5 Å². The summed E-state index contributed by atoms with van der Waals surface area (Å²) in [6.07, 6.45) is 0. The van der Waals surface area contributed by atoms with Gasteiger partial charge in [-0.3, -0.25) is 9.69 Å². The van der Waals surface area contributed by atoms with Crippen LogP contribution in [0.4, 0.5) is 0 Å². The summed E-state index contributed by atoms with van der Waals surface area (Å²) in [5, 5.41) is 3.12. The summed E-state index contributed by atoms with van der Waals surface area (Å²) < 4.78 is 4.96. The highest BCUT2D eigenvalue weighted by atomic mass is 16.5. The van der Waals surface area contributed by atoms with E-state index in [1.165, 1.54) is 5.56 Å². The molecule has 0 radical (unpaired) electrons. The number of nitrogens with one attached hydrogen (secondary N) is 1. The molecule has 0 spiro atoms. The SMILES string of the molecule is COCC(N)C(=O)NC1C(C)CN(Cc2ccccc2)CC1C. The number of amides is 1. The lowest BCUT2D eigenvalue weighted by Gasteiger charge is -2.42. The third-order valence-corrected chi connectivity index (χ3v) is 4.56. The normalized spacial score (nSPS) is 26.7. The minimum absolute atomic E-state index is 0.118. The van der Waals surface area contributed by atoms with Crippen LogP contribution in [0.25, 0.3) is 0 Å². The molecule has 1 heterocycles. The van der Waals surface area contributed by atoms with Gasteiger partial charge in [0.05, 0.1) is 6.61 Å². The first-order chi connectivity index (χ1) is 11.0. The van der Waals surface area contributed by atoms with Gasteiger partial charge in [0.1, 0.15) is 6.04 Å². The maximum atomic E-state index is 12.1. The molecule has 23 heavy (non-hydrogen) atoms. The average molecular weight is 319 g/mol. The van der Waals surface area contributed by atoms with Gasteiger partial charge in [-0.25, -0.2) is 0 Å². The maximum Gasteiger partial charge on any atom is 0.239 e. The van der Waals surface area contributed by atoms with E-state index >= 15 is 0 Å². The van der Waals surface area contributed by atoms with Crippen molar-refractivity contribution in [2.24, 2.45) is 17.6 Å². The molecule has 5 nitrogen and oxygen atoms in total. The molecule has 3 atom stereocenters. The van der Waals surface area contributed by atoms with Crippen LogP contribution >= 0.6 is 0 Å². The number of carbonyl (C=O) groups is 1. The summed E-state index contributed by atoms with van der Waals surface area (Å²) in [5.74, 6) is 0.661. The first kappa shape index (κ1) is 17.9. The first-order valence-electron chi connectivity index (χ1n) is 8.32. The Morgan fingerprint density at radius 3 is 2.48 bits per heavy atom. The number of methoxy groups -OCH3 is 1. The fraction of sp³-hybridized carbons (Fsp3) is 0.611. The zero-order valence-electron chi connectivity index (χ0n) is 14.4. The summed E-state index contributed by atoms with van der Waals surface area (Å²) in [7, 11) is 1.56. The van der Waals surface area contributed by atoms with Crippen LogP contribution in [0.1, 0.15) is 19.4 Å². The topological polar surface area (TPSA) is 67.6 Å². The van der Waals surface area contributed by atoms with Gasteiger partial charge in [0.25, 0.3) is 0 Å². The highest BCUT2D eigenvalue weighted by molar-refractivity contribution is 5.82. The van der Waals surface area contributed by atoms with Gasteiger partial charge in [-0.2, -0.15) is 0 Å². The van der Waals surface area contributed by atoms with E-state index < -0.39 is 6.04 Å². The summed E-state index contributed by atoms with van der Waals surface area (Å²) in [4.78, 5) is 14.6. The quantitative estimate of drug-likeness (QED) is 0.828. The van der Waals surface area contributed by atoms with Crippen LogP contribution in [0.2, 0.25) is 0 Å². The lowest BCUT2D eigenvalue weighted by molar-refractivity contribution is -0.125. The second-order valence-corrected chi connectivity index (χ2v) is 6.73. The van der Waals surface area contributed by atoms with Crippen molar-refractivity contribution < 1.29 is 9.53 Å². The molecule has 2 rings (SSSR count). The molecule has 0 aliphatic carbocycles. The van der Waals surface area contributed by atoms with Crippen LogP contribution in [0.3, 0.4) is 0 Å². The maximum absolute atomic E-state index is 12.1. The van der Waals surface area contributed by atoms with Crippen molar-refractivity contribution in [1.82, 2.24) is 10.2 Å². The molecule has 1 aliphatic heterocycles. The van der Waals surface area contributed by atoms with Crippen molar-refractivity contribution in [3.63, 3.8) is 0 Å². The number of carbonyl (C=O) groups excluding carboxylic acids is 1. The Morgan fingerprint density at radius 2 is 1.91 bits per heavy atom. The molecule has 1 aromatic rings. The standard InChI is InChI=1S/C18H29N3O2/c1-13-9-21(11-15-7-5-4-6-8-15)10-14(2)17(13)20-18(22)16(19)12-23-3/h4-8,13-14,16-17H,9-12,19H2,1-3H3,(H,20,22). The molecule has 3 N–H and O–H groups in total. The number of ether oxygens (including phenoxy) is 1. The van der Waals surface area contributed by atoms with Crippen LogP contribution < -0.4 is 11.1 Å². The highest BCUT2D eigenvalue weighted by Crippen LogP contribution is 2.23. The first-order valence-corrected chi connectivity index (χ1v) is 8.32. The van der Waals surface area contributed by atoms with Gasteiger partial charge >= 0.3 is 0 Å². The highest BCUT2D eigenvalue weighted by Gasteiger charge is 2.33. The minimum atomic E-state index is -0.596. The Kier molecular flexibility index (Phi) is 6.57. The molecule has 1 fully saturated rings. The molecule has 1 saturated heterocycles. The molecule has 3 unspecified atom stereocenters. The third-order valence-electron chi connectivity index (χ3n) is 4.56. The number of piperidine rings is 1. The Hall–Kier alpha value is -1.43. The van der Waals surface area contributed by atoms with Gasteiger partial charge in [0, 0.05) is 32.8 Å². The minimum Gasteiger partial charge on any atom is -0.383 e. The number of likely N-dealkylation sites (tertiary alicyclic amines) is 1. The summed E-state index contributed by atoms with van der Waals surface area (Å²) in [6, 6.07) is 10.1. The third kappa shape index (κ3) is 5.03. The van der Waals surface area contributed by atoms with Crippen molar-refractivity contribution >= 4 is 5.91 Å². The van der Waals surface area contributed by atoms with E-state index in [2.05, 4.69) is 48.3 Å². The number of rotatable bonds is 6. The molecule has 1 amide bonds. The summed E-state index contributed by atoms with van der Waals surface area (Å²) in [6.45, 7) is 7.55. The Morgan fingerprint density at radius 1 is 1.30 bits per heavy atom. The molecule has 1 aliphatic rings. The van der Waals surface area contributed by atoms with Crippen LogP contribution in [0.15, 0.2) is 30.3 Å². The van der Waals surface area contributed by atoms with E-state index in [0.29, 0.717) is 11.8 Å². The van der Waals surface area contributed by atoms with Crippen molar-refractivity contribution in [3.8, 4) is 0 Å². The van der Waals surface area contributed by atoms with Crippen LogP contribution in [-0.2, 0) is 16.1 Å². The van der Waals surface area contributed by atoms with E-state index in [0.717, 1.165) is 19.6 Å². The Balaban J connectivity index is 1.90. The van der Waals surface area contributed by atoms with E-state index in [1.54, 1.807) is 7.11 Å². The van der Waals surface area contributed by atoms with Crippen molar-refractivity contribution in [2.75, 3.05) is 26.8 Å². The fourth-order valence-corrected chi connectivity index (χ4v) is 3.46. The second kappa shape index (κ2) is 8.43. The molecular formula is C18H29N3O2. The molecular weight excluding hydrogens is 290 g/mol. The molecule has 1 aromatic carbocycles.